The van der Waals surface area contributed by atoms with E-state index < -0.39 is 0 Å². The second-order valence-electron chi connectivity index (χ2n) is 3.66. The third-order valence-electron chi connectivity index (χ3n) is 2.13. The molecule has 0 radical (unpaired) electrons. The molecular weight excluding hydrogens is 226 g/mol. The third kappa shape index (κ3) is 2.55. The molecule has 16 heavy (non-hydrogen) atoms. The SMILES string of the molecule is Cc1ccc(Cl)c(OCc2cc(C)no2)c1. The summed E-state index contributed by atoms with van der Waals surface area (Å²) in [5.74, 6) is 1.35. The zero-order valence-corrected chi connectivity index (χ0v) is 9.91. The lowest BCUT2D eigenvalue weighted by atomic mass is 10.2. The van der Waals surface area contributed by atoms with Crippen LogP contribution in [0, 0.1) is 13.8 Å². The van der Waals surface area contributed by atoms with Crippen molar-refractivity contribution in [3.63, 3.8) is 0 Å². The second-order valence-corrected chi connectivity index (χ2v) is 4.06. The number of aryl methyl sites for hydroxylation is 2. The summed E-state index contributed by atoms with van der Waals surface area (Å²) in [5.41, 5.74) is 1.95. The van der Waals surface area contributed by atoms with Crippen molar-refractivity contribution >= 4 is 11.6 Å². The molecule has 0 aliphatic rings. The number of rotatable bonds is 3. The van der Waals surface area contributed by atoms with E-state index in [0.717, 1.165) is 11.3 Å². The van der Waals surface area contributed by atoms with Crippen LogP contribution in [0.3, 0.4) is 0 Å². The lowest BCUT2D eigenvalue weighted by molar-refractivity contribution is 0.249. The summed E-state index contributed by atoms with van der Waals surface area (Å²) >= 11 is 6.00. The Kier molecular flexibility index (Phi) is 3.15. The van der Waals surface area contributed by atoms with Crippen LogP contribution in [0.2, 0.25) is 5.02 Å². The van der Waals surface area contributed by atoms with Gasteiger partial charge in [-0.2, -0.15) is 0 Å². The molecule has 0 saturated carbocycles. The van der Waals surface area contributed by atoms with E-state index in [2.05, 4.69) is 5.16 Å². The Morgan fingerprint density at radius 1 is 1.31 bits per heavy atom. The lowest BCUT2D eigenvalue weighted by Gasteiger charge is -2.06. The molecule has 84 valence electrons. The van der Waals surface area contributed by atoms with Crippen LogP contribution in [0.15, 0.2) is 28.8 Å². The van der Waals surface area contributed by atoms with Gasteiger partial charge in [0.25, 0.3) is 0 Å². The van der Waals surface area contributed by atoms with Crippen LogP contribution in [0.5, 0.6) is 5.75 Å². The number of halogens is 1. The fourth-order valence-electron chi connectivity index (χ4n) is 1.35. The van der Waals surface area contributed by atoms with Gasteiger partial charge in [0.2, 0.25) is 0 Å². The first-order valence-electron chi connectivity index (χ1n) is 4.96. The zero-order chi connectivity index (χ0) is 11.5. The molecular formula is C12H12ClNO2. The smallest absolute Gasteiger partial charge is 0.174 e. The standard InChI is InChI=1S/C12H12ClNO2/c1-8-3-4-11(13)12(5-8)15-7-10-6-9(2)14-16-10/h3-6H,7H2,1-2H3. The highest BCUT2D eigenvalue weighted by Gasteiger charge is 2.05. The van der Waals surface area contributed by atoms with E-state index >= 15 is 0 Å². The number of benzene rings is 1. The molecule has 0 aliphatic carbocycles. The lowest BCUT2D eigenvalue weighted by Crippen LogP contribution is -1.94. The molecule has 2 aromatic rings. The molecule has 0 amide bonds. The van der Waals surface area contributed by atoms with Crippen LogP contribution in [-0.2, 0) is 6.61 Å². The average Bonchev–Trinajstić information content (AvgIpc) is 2.66. The van der Waals surface area contributed by atoms with Crippen molar-refractivity contribution in [2.24, 2.45) is 0 Å². The van der Waals surface area contributed by atoms with Crippen molar-refractivity contribution in [1.82, 2.24) is 5.16 Å². The molecule has 0 atom stereocenters. The Balaban J connectivity index is 2.07. The third-order valence-corrected chi connectivity index (χ3v) is 2.45. The maximum Gasteiger partial charge on any atom is 0.174 e. The van der Waals surface area contributed by atoms with E-state index in [1.807, 2.05) is 38.1 Å². The first kappa shape index (κ1) is 11.0. The zero-order valence-electron chi connectivity index (χ0n) is 9.16. The van der Waals surface area contributed by atoms with Gasteiger partial charge in [-0.25, -0.2) is 0 Å². The maximum absolute atomic E-state index is 6.00. The fraction of sp³-hybridized carbons (Fsp3) is 0.250. The quantitative estimate of drug-likeness (QED) is 0.819. The highest BCUT2D eigenvalue weighted by atomic mass is 35.5. The summed E-state index contributed by atoms with van der Waals surface area (Å²) in [4.78, 5) is 0. The number of hydrogen-bond donors (Lipinski definition) is 0. The van der Waals surface area contributed by atoms with Gasteiger partial charge in [0.1, 0.15) is 12.4 Å². The van der Waals surface area contributed by atoms with E-state index in [-0.39, 0.29) is 0 Å². The van der Waals surface area contributed by atoms with Crippen LogP contribution in [0.4, 0.5) is 0 Å². The van der Waals surface area contributed by atoms with Gasteiger partial charge >= 0.3 is 0 Å². The van der Waals surface area contributed by atoms with E-state index in [0.29, 0.717) is 23.1 Å². The normalized spacial score (nSPS) is 10.4. The number of nitrogens with zero attached hydrogens (tertiary/aromatic N) is 1. The summed E-state index contributed by atoms with van der Waals surface area (Å²) in [6, 6.07) is 7.49. The summed E-state index contributed by atoms with van der Waals surface area (Å²) in [5, 5.41) is 4.38. The van der Waals surface area contributed by atoms with Gasteiger partial charge in [0.15, 0.2) is 5.76 Å². The monoisotopic (exact) mass is 237 g/mol. The molecule has 1 heterocycles. The molecule has 2 rings (SSSR count). The Hall–Kier alpha value is -1.48. The fourth-order valence-corrected chi connectivity index (χ4v) is 1.53. The summed E-state index contributed by atoms with van der Waals surface area (Å²) in [6.45, 7) is 4.19. The minimum Gasteiger partial charge on any atom is -0.484 e. The van der Waals surface area contributed by atoms with Crippen molar-refractivity contribution < 1.29 is 9.26 Å². The Labute approximate surface area is 99.0 Å². The van der Waals surface area contributed by atoms with Gasteiger partial charge in [-0.3, -0.25) is 0 Å². The van der Waals surface area contributed by atoms with Crippen LogP contribution in [0.25, 0.3) is 0 Å². The van der Waals surface area contributed by atoms with Crippen molar-refractivity contribution in [1.29, 1.82) is 0 Å². The minimum atomic E-state index is 0.337. The summed E-state index contributed by atoms with van der Waals surface area (Å²) < 4.78 is 10.6. The van der Waals surface area contributed by atoms with Gasteiger partial charge in [-0.1, -0.05) is 22.8 Å². The molecule has 0 bridgehead atoms. The first-order chi connectivity index (χ1) is 7.65. The van der Waals surface area contributed by atoms with Crippen molar-refractivity contribution in [3.8, 4) is 5.75 Å². The van der Waals surface area contributed by atoms with Crippen molar-refractivity contribution in [2.45, 2.75) is 20.5 Å². The number of ether oxygens (including phenoxy) is 1. The van der Waals surface area contributed by atoms with Gasteiger partial charge in [-0.05, 0) is 31.5 Å². The Bertz CT molecular complexity index is 494. The predicted molar refractivity (Wildman–Crippen MR) is 61.8 cm³/mol. The highest BCUT2D eigenvalue weighted by Crippen LogP contribution is 2.26. The molecule has 0 fully saturated rings. The molecule has 0 saturated heterocycles. The number of aromatic nitrogens is 1. The van der Waals surface area contributed by atoms with Crippen LogP contribution >= 0.6 is 11.6 Å². The molecule has 0 unspecified atom stereocenters. The Morgan fingerprint density at radius 2 is 2.12 bits per heavy atom. The second kappa shape index (κ2) is 4.58. The predicted octanol–water partition coefficient (Wildman–Crippen LogP) is 3.52. The molecule has 1 aromatic heterocycles. The van der Waals surface area contributed by atoms with Gasteiger partial charge in [0, 0.05) is 6.07 Å². The van der Waals surface area contributed by atoms with Crippen LogP contribution in [-0.4, -0.2) is 5.16 Å². The van der Waals surface area contributed by atoms with Gasteiger partial charge in [-0.15, -0.1) is 0 Å². The number of hydrogen-bond acceptors (Lipinski definition) is 3. The highest BCUT2D eigenvalue weighted by molar-refractivity contribution is 6.32. The molecule has 1 aromatic carbocycles. The molecule has 0 spiro atoms. The topological polar surface area (TPSA) is 35.3 Å². The first-order valence-corrected chi connectivity index (χ1v) is 5.34. The molecule has 0 aliphatic heterocycles. The van der Waals surface area contributed by atoms with Crippen molar-refractivity contribution in [3.05, 3.63) is 46.3 Å². The average molecular weight is 238 g/mol. The van der Waals surface area contributed by atoms with Crippen LogP contribution in [0.1, 0.15) is 17.0 Å². The molecule has 3 nitrogen and oxygen atoms in total. The summed E-state index contributed by atoms with van der Waals surface area (Å²) in [7, 11) is 0. The van der Waals surface area contributed by atoms with Gasteiger partial charge in [0.05, 0.1) is 10.7 Å². The van der Waals surface area contributed by atoms with E-state index in [1.165, 1.54) is 0 Å². The molecule has 4 heteroatoms. The maximum atomic E-state index is 6.00. The largest absolute Gasteiger partial charge is 0.484 e. The van der Waals surface area contributed by atoms with Gasteiger partial charge < -0.3 is 9.26 Å². The van der Waals surface area contributed by atoms with E-state index in [4.69, 9.17) is 20.9 Å². The minimum absolute atomic E-state index is 0.337. The molecule has 0 N–H and O–H groups in total. The Morgan fingerprint density at radius 3 is 2.81 bits per heavy atom. The van der Waals surface area contributed by atoms with Crippen LogP contribution < -0.4 is 4.74 Å². The van der Waals surface area contributed by atoms with E-state index in [9.17, 15) is 0 Å². The van der Waals surface area contributed by atoms with E-state index in [1.54, 1.807) is 0 Å². The van der Waals surface area contributed by atoms with Crippen molar-refractivity contribution in [2.75, 3.05) is 0 Å². The summed E-state index contributed by atoms with van der Waals surface area (Å²) in [6.07, 6.45) is 0.